The number of nitrogens with zero attached hydrogens (tertiary/aromatic N) is 4. The lowest BCUT2D eigenvalue weighted by Gasteiger charge is -2.30. The van der Waals surface area contributed by atoms with Gasteiger partial charge >= 0.3 is 0 Å². The van der Waals surface area contributed by atoms with Crippen LogP contribution in [-0.4, -0.2) is 31.7 Å². The second-order valence-corrected chi connectivity index (χ2v) is 8.52. The number of fused-ring (bicyclic) bond motifs is 5. The summed E-state index contributed by atoms with van der Waals surface area (Å²) in [5.74, 6) is 0.886. The Morgan fingerprint density at radius 3 is 3.08 bits per heavy atom. The van der Waals surface area contributed by atoms with Gasteiger partial charge in [-0.2, -0.15) is 0 Å². The number of unbranched alkanes of at least 4 members (excludes halogenated alkanes) is 2. The van der Waals surface area contributed by atoms with Crippen LogP contribution in [0.4, 0.5) is 0 Å². The molecule has 0 amide bonds. The smallest absolute Gasteiger partial charge is 0.206 e. The predicted molar refractivity (Wildman–Crippen MR) is 98.8 cm³/mol. The van der Waals surface area contributed by atoms with Crippen molar-refractivity contribution in [2.45, 2.75) is 65.2 Å². The maximum atomic E-state index is 5.96. The second-order valence-electron chi connectivity index (χ2n) is 7.44. The number of rotatable bonds is 6. The van der Waals surface area contributed by atoms with E-state index >= 15 is 0 Å². The average molecular weight is 361 g/mol. The van der Waals surface area contributed by atoms with Gasteiger partial charge in [0.2, 0.25) is 5.82 Å². The van der Waals surface area contributed by atoms with Crippen molar-refractivity contribution in [1.82, 2.24) is 19.6 Å². The number of hydrogen-bond donors (Lipinski definition) is 1. The fourth-order valence-corrected chi connectivity index (χ4v) is 4.51. The summed E-state index contributed by atoms with van der Waals surface area (Å²) in [4.78, 5) is 11.8. The summed E-state index contributed by atoms with van der Waals surface area (Å²) in [6, 6.07) is 0. The summed E-state index contributed by atoms with van der Waals surface area (Å²) in [5.41, 5.74) is 2.15. The lowest BCUT2D eigenvalue weighted by Crippen LogP contribution is -2.82. The van der Waals surface area contributed by atoms with Crippen molar-refractivity contribution in [3.8, 4) is 0 Å². The molecule has 6 nitrogen and oxygen atoms in total. The van der Waals surface area contributed by atoms with Crippen LogP contribution in [-0.2, 0) is 24.3 Å². The SMILES string of the molecule is CCCCC[NH2+]Cc1nc2c3c4c(sc3ncn2n1)COC(C)(C)C4. The summed E-state index contributed by atoms with van der Waals surface area (Å²) in [6.45, 7) is 9.16. The van der Waals surface area contributed by atoms with Crippen LogP contribution < -0.4 is 5.32 Å². The van der Waals surface area contributed by atoms with Crippen LogP contribution in [0.5, 0.6) is 0 Å². The van der Waals surface area contributed by atoms with Crippen LogP contribution in [0.25, 0.3) is 15.9 Å². The van der Waals surface area contributed by atoms with Gasteiger partial charge in [0.1, 0.15) is 17.7 Å². The number of ether oxygens (including phenoxy) is 1. The van der Waals surface area contributed by atoms with E-state index in [-0.39, 0.29) is 5.60 Å². The Hall–Kier alpha value is -1.57. The van der Waals surface area contributed by atoms with Crippen molar-refractivity contribution in [2.24, 2.45) is 0 Å². The van der Waals surface area contributed by atoms with Gasteiger partial charge in [-0.1, -0.05) is 13.3 Å². The number of thiophene rings is 1. The third-order valence-corrected chi connectivity index (χ3v) is 5.90. The first-order valence-corrected chi connectivity index (χ1v) is 9.99. The highest BCUT2D eigenvalue weighted by molar-refractivity contribution is 7.19. The molecular formula is C18H26N5OS+. The zero-order valence-corrected chi connectivity index (χ0v) is 16.0. The Labute approximate surface area is 151 Å². The van der Waals surface area contributed by atoms with Crippen LogP contribution in [0.15, 0.2) is 6.33 Å². The fraction of sp³-hybridized carbons (Fsp3) is 0.611. The number of aromatic nitrogens is 4. The van der Waals surface area contributed by atoms with Gasteiger partial charge in [-0.15, -0.1) is 16.4 Å². The molecule has 0 unspecified atom stereocenters. The van der Waals surface area contributed by atoms with E-state index in [1.165, 1.54) is 35.1 Å². The zero-order chi connectivity index (χ0) is 17.4. The molecule has 1 aliphatic rings. The Bertz CT molecular complexity index is 898. The molecule has 3 aromatic rings. The first-order valence-electron chi connectivity index (χ1n) is 9.17. The monoisotopic (exact) mass is 360 g/mol. The third-order valence-electron chi connectivity index (χ3n) is 4.79. The zero-order valence-electron chi connectivity index (χ0n) is 15.2. The van der Waals surface area contributed by atoms with Crippen molar-refractivity contribution in [3.05, 3.63) is 22.6 Å². The maximum absolute atomic E-state index is 5.96. The molecular weight excluding hydrogens is 334 g/mol. The van der Waals surface area contributed by atoms with E-state index in [9.17, 15) is 0 Å². The summed E-state index contributed by atoms with van der Waals surface area (Å²) in [6.07, 6.45) is 6.49. The van der Waals surface area contributed by atoms with Gasteiger partial charge in [0, 0.05) is 11.3 Å². The van der Waals surface area contributed by atoms with E-state index in [4.69, 9.17) is 9.72 Å². The molecule has 0 radical (unpaired) electrons. The van der Waals surface area contributed by atoms with Gasteiger partial charge in [-0.05, 0) is 32.3 Å². The van der Waals surface area contributed by atoms with E-state index in [0.717, 1.165) is 35.8 Å². The van der Waals surface area contributed by atoms with Crippen LogP contribution in [0.1, 0.15) is 56.3 Å². The van der Waals surface area contributed by atoms with E-state index < -0.39 is 0 Å². The molecule has 0 aromatic carbocycles. The molecule has 2 N–H and O–H groups in total. The minimum Gasteiger partial charge on any atom is -0.370 e. The molecule has 7 heteroatoms. The summed E-state index contributed by atoms with van der Waals surface area (Å²) >= 11 is 1.73. The van der Waals surface area contributed by atoms with Crippen molar-refractivity contribution in [1.29, 1.82) is 0 Å². The van der Waals surface area contributed by atoms with E-state index in [1.54, 1.807) is 17.7 Å². The van der Waals surface area contributed by atoms with Gasteiger partial charge in [0.25, 0.3) is 0 Å². The molecule has 4 heterocycles. The van der Waals surface area contributed by atoms with Crippen molar-refractivity contribution < 1.29 is 10.1 Å². The topological polar surface area (TPSA) is 68.9 Å². The van der Waals surface area contributed by atoms with E-state index in [1.807, 2.05) is 4.52 Å². The molecule has 25 heavy (non-hydrogen) atoms. The first kappa shape index (κ1) is 16.9. The highest BCUT2D eigenvalue weighted by Gasteiger charge is 2.30. The van der Waals surface area contributed by atoms with Crippen LogP contribution in [0.3, 0.4) is 0 Å². The normalized spacial score (nSPS) is 16.6. The van der Waals surface area contributed by atoms with E-state index in [0.29, 0.717) is 6.61 Å². The molecule has 0 fully saturated rings. The Balaban J connectivity index is 1.65. The first-order chi connectivity index (χ1) is 12.1. The molecule has 0 aliphatic carbocycles. The van der Waals surface area contributed by atoms with Gasteiger partial charge in [-0.3, -0.25) is 0 Å². The quantitative estimate of drug-likeness (QED) is 0.686. The van der Waals surface area contributed by atoms with E-state index in [2.05, 4.69) is 36.2 Å². The van der Waals surface area contributed by atoms with Crippen LogP contribution in [0.2, 0.25) is 0 Å². The minimum atomic E-state index is -0.135. The molecule has 0 saturated heterocycles. The van der Waals surface area contributed by atoms with Gasteiger partial charge in [-0.25, -0.2) is 14.5 Å². The third kappa shape index (κ3) is 3.28. The Morgan fingerprint density at radius 2 is 2.24 bits per heavy atom. The highest BCUT2D eigenvalue weighted by atomic mass is 32.1. The minimum absolute atomic E-state index is 0.135. The standard InChI is InChI=1S/C18H25N5OS/c1-4-5-6-7-19-9-14-21-16-15-12-8-18(2,3)24-10-13(12)25-17(15)20-11-23(16)22-14/h11,19H,4-10H2,1-3H3/p+1. The Kier molecular flexibility index (Phi) is 4.47. The molecule has 3 aromatic heterocycles. The van der Waals surface area contributed by atoms with Gasteiger partial charge in [0.15, 0.2) is 5.65 Å². The number of nitrogens with two attached hydrogens (primary N) is 1. The second kappa shape index (κ2) is 6.63. The van der Waals surface area contributed by atoms with Crippen molar-refractivity contribution in [3.63, 3.8) is 0 Å². The average Bonchev–Trinajstić information content (AvgIpc) is 3.13. The molecule has 0 bridgehead atoms. The van der Waals surface area contributed by atoms with Crippen LogP contribution >= 0.6 is 11.3 Å². The van der Waals surface area contributed by atoms with Crippen molar-refractivity contribution >= 4 is 27.2 Å². The predicted octanol–water partition coefficient (Wildman–Crippen LogP) is 2.44. The molecule has 0 atom stereocenters. The van der Waals surface area contributed by atoms with Gasteiger partial charge < -0.3 is 10.1 Å². The highest BCUT2D eigenvalue weighted by Crippen LogP contribution is 2.39. The van der Waals surface area contributed by atoms with Gasteiger partial charge in [0.05, 0.1) is 24.1 Å². The summed E-state index contributed by atoms with van der Waals surface area (Å²) in [7, 11) is 0. The summed E-state index contributed by atoms with van der Waals surface area (Å²) < 4.78 is 7.80. The number of hydrogen-bond acceptors (Lipinski definition) is 5. The van der Waals surface area contributed by atoms with Crippen molar-refractivity contribution in [2.75, 3.05) is 6.54 Å². The Morgan fingerprint density at radius 1 is 1.36 bits per heavy atom. The summed E-state index contributed by atoms with van der Waals surface area (Å²) in [5, 5.41) is 8.10. The fourth-order valence-electron chi connectivity index (χ4n) is 3.44. The maximum Gasteiger partial charge on any atom is 0.206 e. The molecule has 0 spiro atoms. The molecule has 0 saturated carbocycles. The lowest BCUT2D eigenvalue weighted by molar-refractivity contribution is -0.671. The van der Waals surface area contributed by atoms with Crippen LogP contribution in [0, 0.1) is 0 Å². The molecule has 1 aliphatic heterocycles. The molecule has 134 valence electrons. The molecule has 4 rings (SSSR count). The lowest BCUT2D eigenvalue weighted by atomic mass is 9.94. The number of quaternary nitrogens is 1. The largest absolute Gasteiger partial charge is 0.370 e.